The van der Waals surface area contributed by atoms with Crippen LogP contribution in [0.3, 0.4) is 0 Å². The van der Waals surface area contributed by atoms with E-state index in [-0.39, 0.29) is 5.41 Å². The number of rotatable bonds is 3. The van der Waals surface area contributed by atoms with Gasteiger partial charge in [0.15, 0.2) is 0 Å². The van der Waals surface area contributed by atoms with Crippen LogP contribution in [0.2, 0.25) is 0 Å². The van der Waals surface area contributed by atoms with Gasteiger partial charge in [0.05, 0.1) is 5.56 Å². The van der Waals surface area contributed by atoms with Gasteiger partial charge >= 0.3 is 0 Å². The first-order valence-corrected chi connectivity index (χ1v) is 5.90. The summed E-state index contributed by atoms with van der Waals surface area (Å²) < 4.78 is 5.37. The van der Waals surface area contributed by atoms with E-state index in [9.17, 15) is 0 Å². The Morgan fingerprint density at radius 3 is 3.00 bits per heavy atom. The molecule has 17 heavy (non-hydrogen) atoms. The van der Waals surface area contributed by atoms with Gasteiger partial charge in [-0.25, -0.2) is 4.98 Å². The lowest BCUT2D eigenvalue weighted by Crippen LogP contribution is -2.33. The molecule has 0 amide bonds. The van der Waals surface area contributed by atoms with Crippen LogP contribution in [0.15, 0.2) is 18.3 Å². The van der Waals surface area contributed by atoms with Crippen LogP contribution < -0.4 is 5.32 Å². The number of nitrogens with one attached hydrogen (secondary N) is 1. The SMILES string of the molecule is CC1(CNc2ncccc2C#N)CCOCC1. The van der Waals surface area contributed by atoms with Gasteiger partial charge in [-0.2, -0.15) is 5.26 Å². The normalized spacial score (nSPS) is 18.4. The van der Waals surface area contributed by atoms with Crippen LogP contribution >= 0.6 is 0 Å². The summed E-state index contributed by atoms with van der Waals surface area (Å²) in [4.78, 5) is 4.20. The molecule has 90 valence electrons. The van der Waals surface area contributed by atoms with Gasteiger partial charge in [0.2, 0.25) is 0 Å². The Balaban J connectivity index is 2.00. The van der Waals surface area contributed by atoms with Crippen molar-refractivity contribution < 1.29 is 4.74 Å². The molecule has 2 rings (SSSR count). The van der Waals surface area contributed by atoms with E-state index in [1.165, 1.54) is 0 Å². The van der Waals surface area contributed by atoms with Gasteiger partial charge < -0.3 is 10.1 Å². The van der Waals surface area contributed by atoms with Crippen molar-refractivity contribution in [3.8, 4) is 6.07 Å². The third-order valence-electron chi connectivity index (χ3n) is 3.31. The molecule has 0 spiro atoms. The highest BCUT2D eigenvalue weighted by molar-refractivity contribution is 5.51. The van der Waals surface area contributed by atoms with Crippen LogP contribution in [0.5, 0.6) is 0 Å². The highest BCUT2D eigenvalue weighted by Crippen LogP contribution is 2.29. The monoisotopic (exact) mass is 231 g/mol. The minimum absolute atomic E-state index is 0.239. The number of hydrogen-bond acceptors (Lipinski definition) is 4. The molecule has 0 aromatic carbocycles. The van der Waals surface area contributed by atoms with Gasteiger partial charge in [-0.3, -0.25) is 0 Å². The number of aromatic nitrogens is 1. The van der Waals surface area contributed by atoms with Crippen LogP contribution in [-0.4, -0.2) is 24.7 Å². The number of ether oxygens (including phenoxy) is 1. The first kappa shape index (κ1) is 11.9. The third-order valence-corrected chi connectivity index (χ3v) is 3.31. The van der Waals surface area contributed by atoms with E-state index in [4.69, 9.17) is 10.00 Å². The standard InChI is InChI=1S/C13H17N3O/c1-13(4-7-17-8-5-13)10-16-12-11(9-14)3-2-6-15-12/h2-3,6H,4-5,7-8,10H2,1H3,(H,15,16). The van der Waals surface area contributed by atoms with Gasteiger partial charge in [0, 0.05) is 26.0 Å². The first-order valence-electron chi connectivity index (χ1n) is 5.90. The lowest BCUT2D eigenvalue weighted by Gasteiger charge is -2.33. The Morgan fingerprint density at radius 1 is 1.53 bits per heavy atom. The zero-order chi connectivity index (χ0) is 12.1. The van der Waals surface area contributed by atoms with E-state index in [0.717, 1.165) is 32.6 Å². The van der Waals surface area contributed by atoms with E-state index in [1.807, 2.05) is 0 Å². The third kappa shape index (κ3) is 2.95. The van der Waals surface area contributed by atoms with E-state index >= 15 is 0 Å². The smallest absolute Gasteiger partial charge is 0.143 e. The molecule has 1 N–H and O–H groups in total. The first-order chi connectivity index (χ1) is 8.23. The van der Waals surface area contributed by atoms with Crippen LogP contribution in [0.25, 0.3) is 0 Å². The second-order valence-corrected chi connectivity index (χ2v) is 4.79. The minimum Gasteiger partial charge on any atom is -0.381 e. The van der Waals surface area contributed by atoms with E-state index in [1.54, 1.807) is 18.3 Å². The number of anilines is 1. The highest BCUT2D eigenvalue weighted by atomic mass is 16.5. The molecule has 1 fully saturated rings. The Bertz CT molecular complexity index is 419. The lowest BCUT2D eigenvalue weighted by molar-refractivity contribution is 0.0300. The Morgan fingerprint density at radius 2 is 2.29 bits per heavy atom. The summed E-state index contributed by atoms with van der Waals surface area (Å²) in [5.41, 5.74) is 0.839. The lowest BCUT2D eigenvalue weighted by atomic mass is 9.82. The summed E-state index contributed by atoms with van der Waals surface area (Å²) in [6.07, 6.45) is 3.80. The van der Waals surface area contributed by atoms with Gasteiger partial charge in [0.1, 0.15) is 11.9 Å². The average molecular weight is 231 g/mol. The summed E-state index contributed by atoms with van der Waals surface area (Å²) in [6.45, 7) is 4.73. The fourth-order valence-electron chi connectivity index (χ4n) is 1.97. The topological polar surface area (TPSA) is 57.9 Å². The van der Waals surface area contributed by atoms with Crippen LogP contribution in [0.1, 0.15) is 25.3 Å². The van der Waals surface area contributed by atoms with Gasteiger partial charge in [0.25, 0.3) is 0 Å². The molecule has 0 bridgehead atoms. The molecule has 0 unspecified atom stereocenters. The number of nitriles is 1. The molecular formula is C13H17N3O. The molecule has 1 aliphatic heterocycles. The zero-order valence-electron chi connectivity index (χ0n) is 10.1. The number of hydrogen-bond donors (Lipinski definition) is 1. The Hall–Kier alpha value is -1.60. The summed E-state index contributed by atoms with van der Waals surface area (Å²) >= 11 is 0. The molecular weight excluding hydrogens is 214 g/mol. The van der Waals surface area contributed by atoms with Crippen molar-refractivity contribution >= 4 is 5.82 Å². The van der Waals surface area contributed by atoms with Crippen LogP contribution in [0, 0.1) is 16.7 Å². The molecule has 1 aromatic heterocycles. The van der Waals surface area contributed by atoms with Gasteiger partial charge in [-0.15, -0.1) is 0 Å². The number of pyridine rings is 1. The fourth-order valence-corrected chi connectivity index (χ4v) is 1.97. The van der Waals surface area contributed by atoms with Crippen molar-refractivity contribution in [2.24, 2.45) is 5.41 Å². The summed E-state index contributed by atoms with van der Waals surface area (Å²) in [5.74, 6) is 0.683. The molecule has 0 aliphatic carbocycles. The predicted molar refractivity (Wildman–Crippen MR) is 65.6 cm³/mol. The predicted octanol–water partition coefficient (Wildman–Crippen LogP) is 2.18. The van der Waals surface area contributed by atoms with Gasteiger partial charge in [-0.1, -0.05) is 6.92 Å². The molecule has 4 nitrogen and oxygen atoms in total. The average Bonchev–Trinajstić information content (AvgIpc) is 2.38. The molecule has 1 saturated heterocycles. The minimum atomic E-state index is 0.239. The van der Waals surface area contributed by atoms with Crippen molar-refractivity contribution in [3.05, 3.63) is 23.9 Å². The molecule has 1 aliphatic rings. The van der Waals surface area contributed by atoms with Crippen molar-refractivity contribution in [1.82, 2.24) is 4.98 Å². The molecule has 1 aromatic rings. The maximum Gasteiger partial charge on any atom is 0.143 e. The van der Waals surface area contributed by atoms with E-state index in [2.05, 4.69) is 23.3 Å². The largest absolute Gasteiger partial charge is 0.381 e. The van der Waals surface area contributed by atoms with Crippen molar-refractivity contribution in [2.45, 2.75) is 19.8 Å². The van der Waals surface area contributed by atoms with Crippen LogP contribution in [0.4, 0.5) is 5.82 Å². The maximum atomic E-state index is 8.97. The van der Waals surface area contributed by atoms with Crippen molar-refractivity contribution in [3.63, 3.8) is 0 Å². The van der Waals surface area contributed by atoms with Crippen molar-refractivity contribution in [1.29, 1.82) is 5.26 Å². The summed E-state index contributed by atoms with van der Waals surface area (Å²) in [5, 5.41) is 12.3. The van der Waals surface area contributed by atoms with E-state index < -0.39 is 0 Å². The fraction of sp³-hybridized carbons (Fsp3) is 0.538. The number of nitrogens with zero attached hydrogens (tertiary/aromatic N) is 2. The second kappa shape index (κ2) is 5.15. The summed E-state index contributed by atoms with van der Waals surface area (Å²) in [7, 11) is 0. The highest BCUT2D eigenvalue weighted by Gasteiger charge is 2.27. The Labute approximate surface area is 102 Å². The molecule has 0 saturated carbocycles. The summed E-state index contributed by atoms with van der Waals surface area (Å²) in [6, 6.07) is 5.70. The maximum absolute atomic E-state index is 8.97. The van der Waals surface area contributed by atoms with Gasteiger partial charge in [-0.05, 0) is 30.4 Å². The zero-order valence-corrected chi connectivity index (χ0v) is 10.1. The second-order valence-electron chi connectivity index (χ2n) is 4.79. The molecule has 0 atom stereocenters. The van der Waals surface area contributed by atoms with Crippen LogP contribution in [-0.2, 0) is 4.74 Å². The Kier molecular flexibility index (Phi) is 3.60. The molecule has 0 radical (unpaired) electrons. The van der Waals surface area contributed by atoms with E-state index in [0.29, 0.717) is 11.4 Å². The quantitative estimate of drug-likeness (QED) is 0.866. The van der Waals surface area contributed by atoms with Crippen molar-refractivity contribution in [2.75, 3.05) is 25.1 Å². The molecule has 4 heteroatoms. The molecule has 2 heterocycles.